The van der Waals surface area contributed by atoms with E-state index < -0.39 is 0 Å². The molecular formula is C17H26N4O. The number of aromatic nitrogens is 2. The lowest BCUT2D eigenvalue weighted by molar-refractivity contribution is 0.325. The first-order valence-electron chi connectivity index (χ1n) is 7.98. The van der Waals surface area contributed by atoms with Crippen LogP contribution in [0, 0.1) is 11.8 Å². The molecule has 120 valence electrons. The minimum absolute atomic E-state index is 0.258. The van der Waals surface area contributed by atoms with Gasteiger partial charge >= 0.3 is 0 Å². The van der Waals surface area contributed by atoms with E-state index in [4.69, 9.17) is 10.5 Å². The summed E-state index contributed by atoms with van der Waals surface area (Å²) in [6.07, 6.45) is 10.3. The number of hydrogen-bond donors (Lipinski definition) is 2. The number of nitrogens with one attached hydrogen (secondary N) is 1. The van der Waals surface area contributed by atoms with Gasteiger partial charge in [-0.15, -0.1) is 0 Å². The van der Waals surface area contributed by atoms with Crippen LogP contribution in [0.2, 0.25) is 0 Å². The molecule has 2 rings (SSSR count). The highest BCUT2D eigenvalue weighted by Crippen LogP contribution is 2.28. The third-order valence-electron chi connectivity index (χ3n) is 4.09. The largest absolute Gasteiger partial charge is 0.484 e. The van der Waals surface area contributed by atoms with Gasteiger partial charge in [0.05, 0.1) is 6.20 Å². The number of nitrogens with two attached hydrogens (primary N) is 1. The summed E-state index contributed by atoms with van der Waals surface area (Å²) in [5, 5.41) is 3.27. The average molecular weight is 302 g/mol. The van der Waals surface area contributed by atoms with Gasteiger partial charge in [-0.2, -0.15) is 4.98 Å². The van der Waals surface area contributed by atoms with Crippen molar-refractivity contribution in [2.75, 3.05) is 24.2 Å². The van der Waals surface area contributed by atoms with E-state index in [2.05, 4.69) is 54.3 Å². The van der Waals surface area contributed by atoms with Crippen molar-refractivity contribution in [2.45, 2.75) is 33.6 Å². The Balaban J connectivity index is 2.02. The number of rotatable bonds is 7. The molecule has 2 atom stereocenters. The van der Waals surface area contributed by atoms with Gasteiger partial charge in [0.2, 0.25) is 5.95 Å². The van der Waals surface area contributed by atoms with Gasteiger partial charge in [0.1, 0.15) is 6.61 Å². The molecule has 1 aromatic rings. The third-order valence-corrected chi connectivity index (χ3v) is 4.09. The SMILES string of the molecule is CCCCNc1nc(N)ncc1OCC1=CC=CC(C)C1C. The first-order valence-corrected chi connectivity index (χ1v) is 7.98. The van der Waals surface area contributed by atoms with Crippen molar-refractivity contribution in [3.8, 4) is 5.75 Å². The fourth-order valence-electron chi connectivity index (χ4n) is 2.35. The van der Waals surface area contributed by atoms with Crippen LogP contribution in [0.5, 0.6) is 5.75 Å². The number of nitrogen functional groups attached to an aromatic ring is 1. The highest BCUT2D eigenvalue weighted by Gasteiger charge is 2.18. The molecule has 0 saturated heterocycles. The molecule has 2 unspecified atom stereocenters. The van der Waals surface area contributed by atoms with Crippen LogP contribution in [0.4, 0.5) is 11.8 Å². The van der Waals surface area contributed by atoms with Gasteiger partial charge in [-0.3, -0.25) is 0 Å². The van der Waals surface area contributed by atoms with Crippen molar-refractivity contribution < 1.29 is 4.74 Å². The van der Waals surface area contributed by atoms with E-state index in [1.54, 1.807) is 6.20 Å². The topological polar surface area (TPSA) is 73.1 Å². The van der Waals surface area contributed by atoms with Gasteiger partial charge in [0.15, 0.2) is 11.6 Å². The van der Waals surface area contributed by atoms with Crippen molar-refractivity contribution in [1.29, 1.82) is 0 Å². The van der Waals surface area contributed by atoms with E-state index in [-0.39, 0.29) is 5.95 Å². The van der Waals surface area contributed by atoms with E-state index in [1.807, 2.05) is 0 Å². The number of anilines is 2. The van der Waals surface area contributed by atoms with Crippen molar-refractivity contribution in [1.82, 2.24) is 9.97 Å². The molecule has 0 aliphatic heterocycles. The molecule has 3 N–H and O–H groups in total. The van der Waals surface area contributed by atoms with Crippen LogP contribution in [0.25, 0.3) is 0 Å². The Morgan fingerprint density at radius 1 is 1.36 bits per heavy atom. The molecule has 0 fully saturated rings. The number of hydrogen-bond acceptors (Lipinski definition) is 5. The second-order valence-corrected chi connectivity index (χ2v) is 5.78. The Labute approximate surface area is 132 Å². The number of nitrogens with zero attached hydrogens (tertiary/aromatic N) is 2. The number of unbranched alkanes of at least 4 members (excludes halogenated alkanes) is 1. The monoisotopic (exact) mass is 302 g/mol. The van der Waals surface area contributed by atoms with Gasteiger partial charge in [-0.05, 0) is 23.8 Å². The maximum absolute atomic E-state index is 5.94. The molecular weight excluding hydrogens is 276 g/mol. The Hall–Kier alpha value is -2.04. The minimum Gasteiger partial charge on any atom is -0.484 e. The van der Waals surface area contributed by atoms with Crippen molar-refractivity contribution in [2.24, 2.45) is 11.8 Å². The lowest BCUT2D eigenvalue weighted by atomic mass is 9.85. The molecule has 5 nitrogen and oxygen atoms in total. The molecule has 5 heteroatoms. The van der Waals surface area contributed by atoms with E-state index in [9.17, 15) is 0 Å². The zero-order valence-electron chi connectivity index (χ0n) is 13.7. The molecule has 0 spiro atoms. The Kier molecular flexibility index (Phi) is 5.81. The normalized spacial score (nSPS) is 20.6. The summed E-state index contributed by atoms with van der Waals surface area (Å²) in [5.41, 5.74) is 6.96. The summed E-state index contributed by atoms with van der Waals surface area (Å²) < 4.78 is 5.94. The average Bonchev–Trinajstić information content (AvgIpc) is 2.50. The highest BCUT2D eigenvalue weighted by atomic mass is 16.5. The van der Waals surface area contributed by atoms with E-state index in [1.165, 1.54) is 5.57 Å². The van der Waals surface area contributed by atoms with E-state index in [0.717, 1.165) is 19.4 Å². The van der Waals surface area contributed by atoms with E-state index in [0.29, 0.717) is 30.0 Å². The van der Waals surface area contributed by atoms with E-state index >= 15 is 0 Å². The van der Waals surface area contributed by atoms with Crippen molar-refractivity contribution >= 4 is 11.8 Å². The number of allylic oxidation sites excluding steroid dienone is 3. The van der Waals surface area contributed by atoms with Crippen LogP contribution in [-0.2, 0) is 0 Å². The standard InChI is InChI=1S/C17H26N4O/c1-4-5-9-19-16-15(10-20-17(18)21-16)22-11-14-8-6-7-12(2)13(14)3/h6-8,10,12-13H,4-5,9,11H2,1-3H3,(H3,18,19,20,21). The molecule has 22 heavy (non-hydrogen) atoms. The summed E-state index contributed by atoms with van der Waals surface area (Å²) in [5.74, 6) is 2.60. The number of ether oxygens (including phenoxy) is 1. The smallest absolute Gasteiger partial charge is 0.222 e. The first kappa shape index (κ1) is 16.3. The Morgan fingerprint density at radius 3 is 2.95 bits per heavy atom. The molecule has 0 aromatic carbocycles. The Bertz CT molecular complexity index is 554. The summed E-state index contributed by atoms with van der Waals surface area (Å²) in [6.45, 7) is 7.99. The molecule has 1 aliphatic rings. The predicted molar refractivity (Wildman–Crippen MR) is 90.9 cm³/mol. The quantitative estimate of drug-likeness (QED) is 0.755. The molecule has 0 saturated carbocycles. The molecule has 0 amide bonds. The second-order valence-electron chi connectivity index (χ2n) is 5.78. The molecule has 0 radical (unpaired) electrons. The fourth-order valence-corrected chi connectivity index (χ4v) is 2.35. The maximum Gasteiger partial charge on any atom is 0.222 e. The van der Waals surface area contributed by atoms with Crippen LogP contribution in [-0.4, -0.2) is 23.1 Å². The fraction of sp³-hybridized carbons (Fsp3) is 0.529. The van der Waals surface area contributed by atoms with Crippen molar-refractivity contribution in [3.63, 3.8) is 0 Å². The highest BCUT2D eigenvalue weighted by molar-refractivity contribution is 5.51. The van der Waals surface area contributed by atoms with Crippen LogP contribution in [0.1, 0.15) is 33.6 Å². The van der Waals surface area contributed by atoms with Gasteiger partial charge in [0.25, 0.3) is 0 Å². The lowest BCUT2D eigenvalue weighted by Gasteiger charge is -2.23. The second kappa shape index (κ2) is 7.82. The van der Waals surface area contributed by atoms with Crippen LogP contribution >= 0.6 is 0 Å². The molecule has 1 aromatic heterocycles. The van der Waals surface area contributed by atoms with Gasteiger partial charge in [0, 0.05) is 6.54 Å². The molecule has 1 heterocycles. The maximum atomic E-state index is 5.94. The molecule has 0 bridgehead atoms. The Morgan fingerprint density at radius 2 is 2.18 bits per heavy atom. The zero-order valence-corrected chi connectivity index (χ0v) is 13.7. The summed E-state index contributed by atoms with van der Waals surface area (Å²) >= 11 is 0. The van der Waals surface area contributed by atoms with Gasteiger partial charge in [-0.1, -0.05) is 45.4 Å². The third kappa shape index (κ3) is 4.23. The van der Waals surface area contributed by atoms with Gasteiger partial charge < -0.3 is 15.8 Å². The van der Waals surface area contributed by atoms with Crippen LogP contribution in [0.3, 0.4) is 0 Å². The lowest BCUT2D eigenvalue weighted by Crippen LogP contribution is -2.17. The summed E-state index contributed by atoms with van der Waals surface area (Å²) in [4.78, 5) is 8.27. The predicted octanol–water partition coefficient (Wildman–Crippen LogP) is 3.42. The van der Waals surface area contributed by atoms with Crippen molar-refractivity contribution in [3.05, 3.63) is 30.0 Å². The zero-order chi connectivity index (χ0) is 15.9. The van der Waals surface area contributed by atoms with Crippen LogP contribution in [0.15, 0.2) is 30.0 Å². The first-order chi connectivity index (χ1) is 10.6. The summed E-state index contributed by atoms with van der Waals surface area (Å²) in [7, 11) is 0. The van der Waals surface area contributed by atoms with Crippen LogP contribution < -0.4 is 15.8 Å². The summed E-state index contributed by atoms with van der Waals surface area (Å²) in [6, 6.07) is 0. The minimum atomic E-state index is 0.258. The molecule has 1 aliphatic carbocycles. The van der Waals surface area contributed by atoms with Gasteiger partial charge in [-0.25, -0.2) is 4.98 Å².